The van der Waals surface area contributed by atoms with Crippen molar-refractivity contribution in [2.24, 2.45) is 0 Å². The van der Waals surface area contributed by atoms with E-state index < -0.39 is 43.3 Å². The summed E-state index contributed by atoms with van der Waals surface area (Å²) in [4.78, 5) is 0. The first-order valence-corrected chi connectivity index (χ1v) is 4.78. The van der Waals surface area contributed by atoms with Gasteiger partial charge in [0.15, 0.2) is 0 Å². The number of halogens is 14. The first kappa shape index (κ1) is 23.4. The summed E-state index contributed by atoms with van der Waals surface area (Å²) in [6.07, 6.45) is -36.7. The van der Waals surface area contributed by atoms with Gasteiger partial charge in [-0.25, -0.2) is 9.47 Å². The van der Waals surface area contributed by atoms with Crippen LogP contribution in [0.15, 0.2) is 12.1 Å². The van der Waals surface area contributed by atoms with Crippen LogP contribution in [0.3, 0.4) is 0 Å². The molecule has 0 saturated carbocycles. The first-order valence-electron chi connectivity index (χ1n) is 4.78. The number of hydrogen-bond acceptors (Lipinski definition) is 4. The van der Waals surface area contributed by atoms with Crippen LogP contribution >= 0.6 is 0 Å². The third-order valence-electron chi connectivity index (χ3n) is 1.42. The molecular formula is C7F14O4. The van der Waals surface area contributed by atoms with Crippen molar-refractivity contribution in [3.05, 3.63) is 12.1 Å². The Morgan fingerprint density at radius 3 is 1.28 bits per heavy atom. The molecule has 4 nitrogen and oxygen atoms in total. The molecular weight excluding hydrogens is 414 g/mol. The zero-order valence-electron chi connectivity index (χ0n) is 10.4. The van der Waals surface area contributed by atoms with Gasteiger partial charge in [-0.15, -0.1) is 30.7 Å². The SMILES string of the molecule is FC(F)=C(F)OC(F)(F)C(F)(F)OC(F)(F)OC(F)(F)OC(F)(F)F. The Labute approximate surface area is 125 Å². The maximum Gasteiger partial charge on any atom is 0.529 e. The summed E-state index contributed by atoms with van der Waals surface area (Å²) in [6, 6.07) is -3.69. The molecule has 25 heavy (non-hydrogen) atoms. The first-order chi connectivity index (χ1) is 10.7. The molecule has 0 saturated heterocycles. The monoisotopic (exact) mass is 414 g/mol. The van der Waals surface area contributed by atoms with Gasteiger partial charge in [0.05, 0.1) is 0 Å². The van der Waals surface area contributed by atoms with Gasteiger partial charge >= 0.3 is 43.3 Å². The average molecular weight is 414 g/mol. The van der Waals surface area contributed by atoms with Gasteiger partial charge in [0, 0.05) is 0 Å². The van der Waals surface area contributed by atoms with Crippen molar-refractivity contribution < 1.29 is 80.4 Å². The number of hydrogen-bond donors (Lipinski definition) is 0. The maximum absolute atomic E-state index is 12.6. The minimum atomic E-state index is -6.86. The van der Waals surface area contributed by atoms with Crippen molar-refractivity contribution in [1.82, 2.24) is 0 Å². The lowest BCUT2D eigenvalue weighted by Gasteiger charge is -2.29. The third-order valence-corrected chi connectivity index (χ3v) is 1.42. The van der Waals surface area contributed by atoms with Gasteiger partial charge in [-0.2, -0.15) is 35.5 Å². The van der Waals surface area contributed by atoms with Gasteiger partial charge in [-0.05, 0) is 0 Å². The molecule has 0 rings (SSSR count). The highest BCUT2D eigenvalue weighted by Crippen LogP contribution is 2.44. The van der Waals surface area contributed by atoms with Gasteiger partial charge < -0.3 is 4.74 Å². The van der Waals surface area contributed by atoms with E-state index in [1.54, 1.807) is 14.2 Å². The van der Waals surface area contributed by atoms with Crippen LogP contribution in [0.25, 0.3) is 0 Å². The Morgan fingerprint density at radius 1 is 0.520 bits per heavy atom. The molecule has 0 fully saturated rings. The molecule has 0 aromatic rings. The quantitative estimate of drug-likeness (QED) is 0.322. The van der Waals surface area contributed by atoms with E-state index in [1.165, 1.54) is 0 Å². The molecule has 0 aromatic heterocycles. The van der Waals surface area contributed by atoms with Crippen molar-refractivity contribution in [2.75, 3.05) is 0 Å². The van der Waals surface area contributed by atoms with Crippen molar-refractivity contribution >= 4 is 0 Å². The molecule has 18 heteroatoms. The zero-order chi connectivity index (χ0) is 20.5. The van der Waals surface area contributed by atoms with E-state index in [2.05, 4.69) is 0 Å². The predicted molar refractivity (Wildman–Crippen MR) is 40.5 cm³/mol. The number of ether oxygens (including phenoxy) is 4. The van der Waals surface area contributed by atoms with Crippen LogP contribution in [-0.2, 0) is 18.9 Å². The molecule has 0 unspecified atom stereocenters. The highest BCUT2D eigenvalue weighted by Gasteiger charge is 2.68. The summed E-state index contributed by atoms with van der Waals surface area (Å²) < 4.78 is 176. The largest absolute Gasteiger partial charge is 0.529 e. The van der Waals surface area contributed by atoms with E-state index in [0.29, 0.717) is 0 Å². The lowest BCUT2D eigenvalue weighted by atomic mass is 10.5. The standard InChI is InChI=1S/C7F14O4/c8-1(9)2(10)22-3(11,12)4(13,14)23-6(18,19)25-7(20,21)24-5(15,16)17. The summed E-state index contributed by atoms with van der Waals surface area (Å²) in [5.41, 5.74) is 0. The fraction of sp³-hybridized carbons (Fsp3) is 0.714. The Morgan fingerprint density at radius 2 is 0.920 bits per heavy atom. The Bertz CT molecular complexity index is 492. The smallest absolute Gasteiger partial charge is 0.396 e. The molecule has 0 atom stereocenters. The molecule has 0 amide bonds. The fourth-order valence-corrected chi connectivity index (χ4v) is 0.734. The summed E-state index contributed by atoms with van der Waals surface area (Å²) in [5.74, 6) is 0. The van der Waals surface area contributed by atoms with Crippen LogP contribution in [0, 0.1) is 0 Å². The second-order valence-corrected chi connectivity index (χ2v) is 3.35. The Kier molecular flexibility index (Phi) is 6.55. The van der Waals surface area contributed by atoms with Gasteiger partial charge in [-0.3, -0.25) is 0 Å². The summed E-state index contributed by atoms with van der Waals surface area (Å²) in [6.45, 7) is 0. The minimum absolute atomic E-state index is 1.61. The van der Waals surface area contributed by atoms with Crippen LogP contribution < -0.4 is 0 Å². The second kappa shape index (κ2) is 6.98. The van der Waals surface area contributed by atoms with E-state index in [0.717, 1.165) is 0 Å². The second-order valence-electron chi connectivity index (χ2n) is 3.35. The van der Waals surface area contributed by atoms with Crippen molar-refractivity contribution in [2.45, 2.75) is 31.2 Å². The number of alkyl halides is 11. The highest BCUT2D eigenvalue weighted by atomic mass is 19.4. The van der Waals surface area contributed by atoms with Crippen LogP contribution in [0.2, 0.25) is 0 Å². The Balaban J connectivity index is 5.27. The van der Waals surface area contributed by atoms with Crippen LogP contribution in [0.1, 0.15) is 0 Å². The molecule has 0 aliphatic heterocycles. The van der Waals surface area contributed by atoms with E-state index in [-0.39, 0.29) is 0 Å². The lowest BCUT2D eigenvalue weighted by molar-refractivity contribution is -0.598. The molecule has 0 aliphatic rings. The van der Waals surface area contributed by atoms with Gasteiger partial charge in [0.25, 0.3) is 0 Å². The molecule has 0 aromatic carbocycles. The molecule has 0 N–H and O–H groups in total. The van der Waals surface area contributed by atoms with Crippen LogP contribution in [0.4, 0.5) is 61.5 Å². The van der Waals surface area contributed by atoms with E-state index >= 15 is 0 Å². The minimum Gasteiger partial charge on any atom is -0.396 e. The molecule has 0 spiro atoms. The summed E-state index contributed by atoms with van der Waals surface area (Å²) >= 11 is 0. The van der Waals surface area contributed by atoms with Gasteiger partial charge in [0.2, 0.25) is 0 Å². The van der Waals surface area contributed by atoms with Crippen molar-refractivity contribution in [1.29, 1.82) is 0 Å². The zero-order valence-corrected chi connectivity index (χ0v) is 10.4. The molecule has 0 bridgehead atoms. The molecule has 0 radical (unpaired) electrons. The van der Waals surface area contributed by atoms with E-state index in [1.807, 2.05) is 4.74 Å². The van der Waals surface area contributed by atoms with Crippen molar-refractivity contribution in [3.63, 3.8) is 0 Å². The predicted octanol–water partition coefficient (Wildman–Crippen LogP) is 4.89. The van der Waals surface area contributed by atoms with Crippen LogP contribution in [0.5, 0.6) is 0 Å². The van der Waals surface area contributed by atoms with Crippen molar-refractivity contribution in [3.8, 4) is 0 Å². The fourth-order valence-electron chi connectivity index (χ4n) is 0.734. The summed E-state index contributed by atoms with van der Waals surface area (Å²) in [5, 5.41) is 0. The van der Waals surface area contributed by atoms with E-state index in [9.17, 15) is 61.5 Å². The molecule has 0 aliphatic carbocycles. The molecule has 150 valence electrons. The summed E-state index contributed by atoms with van der Waals surface area (Å²) in [7, 11) is 0. The lowest BCUT2D eigenvalue weighted by Crippen LogP contribution is -2.51. The third kappa shape index (κ3) is 7.90. The highest BCUT2D eigenvalue weighted by molar-refractivity contribution is 4.84. The Hall–Kier alpha value is -1.56. The van der Waals surface area contributed by atoms with Gasteiger partial charge in [0.1, 0.15) is 0 Å². The molecule has 0 heterocycles. The van der Waals surface area contributed by atoms with Gasteiger partial charge in [-0.1, -0.05) is 0 Å². The van der Waals surface area contributed by atoms with E-state index in [4.69, 9.17) is 0 Å². The average Bonchev–Trinajstić information content (AvgIpc) is 2.19. The number of rotatable bonds is 8. The van der Waals surface area contributed by atoms with Crippen LogP contribution in [-0.4, -0.2) is 31.2 Å². The maximum atomic E-state index is 12.6. The normalized spacial score (nSPS) is 14.5. The topological polar surface area (TPSA) is 36.9 Å².